The summed E-state index contributed by atoms with van der Waals surface area (Å²) in [5, 5.41) is 4.81. The van der Waals surface area contributed by atoms with E-state index in [1.165, 1.54) is 24.1 Å². The third kappa shape index (κ3) is 3.99. The van der Waals surface area contributed by atoms with E-state index in [0.717, 1.165) is 9.99 Å². The number of methoxy groups -OCH3 is 1. The van der Waals surface area contributed by atoms with E-state index in [-0.39, 0.29) is 11.3 Å². The molecule has 1 aromatic heterocycles. The van der Waals surface area contributed by atoms with E-state index in [1.807, 2.05) is 0 Å². The monoisotopic (exact) mass is 417 g/mol. The third-order valence-corrected chi connectivity index (χ3v) is 4.90. The molecule has 28 heavy (non-hydrogen) atoms. The maximum Gasteiger partial charge on any atom is 0.340 e. The summed E-state index contributed by atoms with van der Waals surface area (Å²) >= 11 is 3.44. The Labute approximate surface area is 169 Å². The summed E-state index contributed by atoms with van der Waals surface area (Å²) in [6.07, 6.45) is 4.56. The second-order valence-corrected chi connectivity index (χ2v) is 6.88. The van der Waals surface area contributed by atoms with E-state index < -0.39 is 17.2 Å². The van der Waals surface area contributed by atoms with Crippen LogP contribution in [0.1, 0.15) is 15.9 Å². The zero-order chi connectivity index (χ0) is 20.3. The molecular formula is C19H16ClN3O4S. The summed E-state index contributed by atoms with van der Waals surface area (Å²) in [5.41, 5.74) is 2.03. The fraction of sp³-hybridized carbons (Fsp3) is 0.0526. The molecule has 0 saturated carbocycles. The number of nitrogens with zero attached hydrogens (tertiary/aromatic N) is 3. The molecule has 0 saturated heterocycles. The molecule has 0 fully saturated rings. The van der Waals surface area contributed by atoms with Gasteiger partial charge in [-0.25, -0.2) is 18.0 Å². The molecule has 1 N–H and O–H groups in total. The molecule has 0 aliphatic rings. The molecular weight excluding hydrogens is 402 g/mol. The van der Waals surface area contributed by atoms with Crippen LogP contribution in [0.3, 0.4) is 0 Å². The van der Waals surface area contributed by atoms with Gasteiger partial charge in [0.1, 0.15) is 0 Å². The maximum atomic E-state index is 12.2. The first-order valence-electron chi connectivity index (χ1n) is 8.01. The Bertz CT molecular complexity index is 1050. The zero-order valence-corrected chi connectivity index (χ0v) is 16.4. The highest BCUT2D eigenvalue weighted by atomic mass is 35.5. The molecule has 7 nitrogen and oxygen atoms in total. The SMILES string of the molecule is C=Cc1ccc(N(c2cnn(-c3ccc(Cl)cc3)c2)S(=O)O)c(C(=O)OC)c1. The molecule has 0 radical (unpaired) electrons. The molecule has 0 aliphatic carbocycles. The lowest BCUT2D eigenvalue weighted by Crippen LogP contribution is -2.22. The van der Waals surface area contributed by atoms with Crippen LogP contribution in [0.25, 0.3) is 11.8 Å². The van der Waals surface area contributed by atoms with Gasteiger partial charge in [-0.2, -0.15) is 5.10 Å². The minimum atomic E-state index is -2.46. The van der Waals surface area contributed by atoms with Gasteiger partial charge in [0, 0.05) is 5.02 Å². The van der Waals surface area contributed by atoms with Crippen molar-refractivity contribution in [3.63, 3.8) is 0 Å². The number of esters is 1. The molecule has 1 heterocycles. The van der Waals surface area contributed by atoms with Crippen molar-refractivity contribution < 1.29 is 18.3 Å². The fourth-order valence-corrected chi connectivity index (χ4v) is 3.33. The molecule has 3 aromatic rings. The van der Waals surface area contributed by atoms with E-state index in [0.29, 0.717) is 16.3 Å². The lowest BCUT2D eigenvalue weighted by Gasteiger charge is -2.20. The smallest absolute Gasteiger partial charge is 0.340 e. The molecule has 144 valence electrons. The quantitative estimate of drug-likeness (QED) is 0.479. The van der Waals surface area contributed by atoms with Crippen molar-refractivity contribution in [2.75, 3.05) is 11.4 Å². The Kier molecular flexibility index (Phi) is 5.93. The predicted molar refractivity (Wildman–Crippen MR) is 109 cm³/mol. The van der Waals surface area contributed by atoms with Gasteiger partial charge in [0.15, 0.2) is 0 Å². The summed E-state index contributed by atoms with van der Waals surface area (Å²) in [6, 6.07) is 11.7. The summed E-state index contributed by atoms with van der Waals surface area (Å²) in [7, 11) is 1.24. The Morgan fingerprint density at radius 1 is 1.32 bits per heavy atom. The third-order valence-electron chi connectivity index (χ3n) is 3.93. The van der Waals surface area contributed by atoms with Crippen LogP contribution in [0.15, 0.2) is 61.4 Å². The predicted octanol–water partition coefficient (Wildman–Crippen LogP) is 4.23. The molecule has 1 unspecified atom stereocenters. The highest BCUT2D eigenvalue weighted by Crippen LogP contribution is 2.32. The van der Waals surface area contributed by atoms with E-state index in [4.69, 9.17) is 16.3 Å². The van der Waals surface area contributed by atoms with Crippen LogP contribution < -0.4 is 4.31 Å². The van der Waals surface area contributed by atoms with E-state index in [2.05, 4.69) is 11.7 Å². The van der Waals surface area contributed by atoms with Crippen molar-refractivity contribution in [2.24, 2.45) is 0 Å². The zero-order valence-electron chi connectivity index (χ0n) is 14.8. The first-order valence-corrected chi connectivity index (χ1v) is 9.45. The first kappa shape index (κ1) is 19.8. The fourth-order valence-electron chi connectivity index (χ4n) is 2.60. The molecule has 1 atom stereocenters. The molecule has 9 heteroatoms. The largest absolute Gasteiger partial charge is 0.465 e. The molecule has 2 aromatic carbocycles. The van der Waals surface area contributed by atoms with Gasteiger partial charge in [0.25, 0.3) is 11.3 Å². The van der Waals surface area contributed by atoms with Crippen LogP contribution in [0.2, 0.25) is 5.02 Å². The van der Waals surface area contributed by atoms with Gasteiger partial charge in [-0.3, -0.25) is 4.55 Å². The number of aromatic nitrogens is 2. The van der Waals surface area contributed by atoms with Crippen LogP contribution in [0.5, 0.6) is 0 Å². The van der Waals surface area contributed by atoms with Crippen LogP contribution in [0.4, 0.5) is 11.4 Å². The summed E-state index contributed by atoms with van der Waals surface area (Å²) in [4.78, 5) is 12.2. The normalized spacial score (nSPS) is 11.7. The minimum Gasteiger partial charge on any atom is -0.465 e. The number of carbonyl (C=O) groups is 1. The van der Waals surface area contributed by atoms with Gasteiger partial charge in [-0.1, -0.05) is 30.3 Å². The minimum absolute atomic E-state index is 0.126. The molecule has 0 bridgehead atoms. The maximum absolute atomic E-state index is 12.2. The Hall–Kier alpha value is -2.94. The number of benzene rings is 2. The van der Waals surface area contributed by atoms with Crippen molar-refractivity contribution >= 4 is 46.3 Å². The molecule has 0 spiro atoms. The van der Waals surface area contributed by atoms with Gasteiger partial charge < -0.3 is 4.74 Å². The van der Waals surface area contributed by atoms with Gasteiger partial charge in [-0.05, 0) is 42.0 Å². The number of hydrogen-bond donors (Lipinski definition) is 1. The number of anilines is 2. The van der Waals surface area contributed by atoms with Gasteiger partial charge in [-0.15, -0.1) is 0 Å². The van der Waals surface area contributed by atoms with Crippen molar-refractivity contribution in [3.8, 4) is 5.69 Å². The van der Waals surface area contributed by atoms with Crippen molar-refractivity contribution in [1.82, 2.24) is 9.78 Å². The highest BCUT2D eigenvalue weighted by molar-refractivity contribution is 7.81. The highest BCUT2D eigenvalue weighted by Gasteiger charge is 2.24. The lowest BCUT2D eigenvalue weighted by molar-refractivity contribution is 0.0601. The summed E-state index contributed by atoms with van der Waals surface area (Å²) < 4.78 is 29.5. The van der Waals surface area contributed by atoms with E-state index in [9.17, 15) is 13.6 Å². The van der Waals surface area contributed by atoms with Crippen molar-refractivity contribution in [1.29, 1.82) is 0 Å². The second-order valence-electron chi connectivity index (χ2n) is 5.62. The van der Waals surface area contributed by atoms with Gasteiger partial charge in [0.2, 0.25) is 0 Å². The standard InChI is InChI=1S/C19H16ClN3O4S/c1-3-13-4-9-18(17(10-13)19(24)27-2)23(28(25)26)16-11-21-22(12-16)15-7-5-14(20)6-8-15/h3-12H,1H2,2H3,(H,25,26). The Morgan fingerprint density at radius 2 is 2.04 bits per heavy atom. The number of hydrogen-bond acceptors (Lipinski definition) is 4. The summed E-state index contributed by atoms with van der Waals surface area (Å²) in [5.74, 6) is -0.640. The van der Waals surface area contributed by atoms with Crippen LogP contribution in [0, 0.1) is 0 Å². The average molecular weight is 418 g/mol. The Morgan fingerprint density at radius 3 is 2.64 bits per heavy atom. The van der Waals surface area contributed by atoms with Gasteiger partial charge >= 0.3 is 5.97 Å². The van der Waals surface area contributed by atoms with E-state index in [1.54, 1.807) is 48.7 Å². The second kappa shape index (κ2) is 8.39. The first-order chi connectivity index (χ1) is 13.4. The molecule has 0 aliphatic heterocycles. The van der Waals surface area contributed by atoms with E-state index >= 15 is 0 Å². The van der Waals surface area contributed by atoms with Gasteiger partial charge in [0.05, 0.1) is 42.1 Å². The molecule has 0 amide bonds. The van der Waals surface area contributed by atoms with Crippen LogP contribution >= 0.6 is 11.6 Å². The van der Waals surface area contributed by atoms with Crippen LogP contribution in [-0.4, -0.2) is 31.6 Å². The Balaban J connectivity index is 2.08. The lowest BCUT2D eigenvalue weighted by atomic mass is 10.1. The van der Waals surface area contributed by atoms with Crippen LogP contribution in [-0.2, 0) is 16.0 Å². The number of carbonyl (C=O) groups excluding carboxylic acids is 1. The average Bonchev–Trinajstić information content (AvgIpc) is 3.17. The molecule has 3 rings (SSSR count). The number of halogens is 1. The van der Waals surface area contributed by atoms with Crippen molar-refractivity contribution in [3.05, 3.63) is 77.6 Å². The number of ether oxygens (including phenoxy) is 1. The number of rotatable bonds is 6. The topological polar surface area (TPSA) is 84.7 Å². The summed E-state index contributed by atoms with van der Waals surface area (Å²) in [6.45, 7) is 3.67. The van der Waals surface area contributed by atoms with Crippen molar-refractivity contribution in [2.45, 2.75) is 0 Å².